The molecule has 0 aliphatic carbocycles. The highest BCUT2D eigenvalue weighted by molar-refractivity contribution is 7.11. The van der Waals surface area contributed by atoms with Crippen molar-refractivity contribution in [1.82, 2.24) is 9.88 Å². The quantitative estimate of drug-likeness (QED) is 0.552. The Morgan fingerprint density at radius 2 is 1.80 bits per heavy atom. The van der Waals surface area contributed by atoms with E-state index in [1.165, 1.54) is 11.3 Å². The molecule has 0 fully saturated rings. The van der Waals surface area contributed by atoms with Crippen molar-refractivity contribution < 1.29 is 9.84 Å². The van der Waals surface area contributed by atoms with Gasteiger partial charge in [0.1, 0.15) is 28.0 Å². The van der Waals surface area contributed by atoms with Gasteiger partial charge in [-0.2, -0.15) is 0 Å². The Morgan fingerprint density at radius 3 is 2.53 bits per heavy atom. The van der Waals surface area contributed by atoms with Gasteiger partial charge >= 0.3 is 0 Å². The van der Waals surface area contributed by atoms with Crippen molar-refractivity contribution in [3.63, 3.8) is 0 Å². The van der Waals surface area contributed by atoms with Gasteiger partial charge in [-0.05, 0) is 26.8 Å². The van der Waals surface area contributed by atoms with Crippen molar-refractivity contribution in [3.05, 3.63) is 76.3 Å². The van der Waals surface area contributed by atoms with Crippen LogP contribution in [0.25, 0.3) is 16.8 Å². The highest BCUT2D eigenvalue weighted by Crippen LogP contribution is 2.34. The predicted molar refractivity (Wildman–Crippen MR) is 122 cm³/mol. The maximum Gasteiger partial charge on any atom is 0.135 e. The molecule has 0 unspecified atom stereocenters. The summed E-state index contributed by atoms with van der Waals surface area (Å²) in [5.41, 5.74) is 3.06. The third-order valence-corrected chi connectivity index (χ3v) is 5.58. The Bertz CT molecular complexity index is 1100. The minimum atomic E-state index is -0.311. The largest absolute Gasteiger partial charge is 0.510 e. The molecule has 154 valence electrons. The van der Waals surface area contributed by atoms with Crippen molar-refractivity contribution in [2.24, 2.45) is 0 Å². The number of ether oxygens (including phenoxy) is 1. The van der Waals surface area contributed by atoms with E-state index in [1.807, 2.05) is 85.6 Å². The van der Waals surface area contributed by atoms with Gasteiger partial charge in [-0.1, -0.05) is 48.5 Å². The second-order valence-corrected chi connectivity index (χ2v) is 9.11. The SMILES string of the molecule is CC(C)(C)Oc1ccccc1CN1CC(O)=C(c2nc(-c3ccccc3)cs2)C1=N. The first-order valence-corrected chi connectivity index (χ1v) is 10.7. The van der Waals surface area contributed by atoms with E-state index in [4.69, 9.17) is 10.1 Å². The van der Waals surface area contributed by atoms with Crippen LogP contribution < -0.4 is 4.74 Å². The number of para-hydroxylation sites is 1. The number of nitrogens with zero attached hydrogens (tertiary/aromatic N) is 2. The summed E-state index contributed by atoms with van der Waals surface area (Å²) < 4.78 is 6.09. The molecule has 2 heterocycles. The van der Waals surface area contributed by atoms with Gasteiger partial charge in [0.15, 0.2) is 0 Å². The van der Waals surface area contributed by atoms with E-state index in [0.717, 1.165) is 22.6 Å². The number of hydrogen-bond donors (Lipinski definition) is 2. The molecule has 3 aromatic rings. The lowest BCUT2D eigenvalue weighted by Crippen LogP contribution is -2.28. The van der Waals surface area contributed by atoms with Crippen LogP contribution >= 0.6 is 11.3 Å². The topological polar surface area (TPSA) is 69.4 Å². The number of aromatic nitrogens is 1. The van der Waals surface area contributed by atoms with Crippen LogP contribution in [-0.2, 0) is 6.54 Å². The summed E-state index contributed by atoms with van der Waals surface area (Å²) in [5.74, 6) is 1.27. The number of nitrogens with one attached hydrogen (secondary N) is 1. The van der Waals surface area contributed by atoms with Gasteiger partial charge in [-0.3, -0.25) is 5.41 Å². The van der Waals surface area contributed by atoms with Crippen molar-refractivity contribution >= 4 is 22.7 Å². The number of aliphatic hydroxyl groups is 1. The monoisotopic (exact) mass is 419 g/mol. The molecule has 0 saturated heterocycles. The second-order valence-electron chi connectivity index (χ2n) is 8.25. The molecule has 6 heteroatoms. The van der Waals surface area contributed by atoms with Gasteiger partial charge in [-0.15, -0.1) is 11.3 Å². The summed E-state index contributed by atoms with van der Waals surface area (Å²) in [6.07, 6.45) is 0. The lowest BCUT2D eigenvalue weighted by atomic mass is 10.1. The number of rotatable bonds is 5. The number of benzene rings is 2. The number of thiazole rings is 1. The summed E-state index contributed by atoms with van der Waals surface area (Å²) in [6.45, 7) is 6.81. The molecule has 0 saturated carbocycles. The van der Waals surface area contributed by atoms with Gasteiger partial charge in [0.2, 0.25) is 0 Å². The molecular weight excluding hydrogens is 394 g/mol. The molecule has 2 aromatic carbocycles. The Balaban J connectivity index is 1.55. The van der Waals surface area contributed by atoms with Crippen LogP contribution in [0.15, 0.2) is 65.7 Å². The highest BCUT2D eigenvalue weighted by Gasteiger charge is 2.31. The molecule has 1 aliphatic heterocycles. The first kappa shape index (κ1) is 20.2. The van der Waals surface area contributed by atoms with Crippen LogP contribution in [0, 0.1) is 5.41 Å². The summed E-state index contributed by atoms with van der Waals surface area (Å²) in [4.78, 5) is 6.53. The zero-order valence-electron chi connectivity index (χ0n) is 17.3. The molecule has 0 spiro atoms. The lowest BCUT2D eigenvalue weighted by molar-refractivity contribution is 0.128. The Labute approximate surface area is 180 Å². The van der Waals surface area contributed by atoms with Gasteiger partial charge in [0, 0.05) is 23.1 Å². The van der Waals surface area contributed by atoms with Crippen molar-refractivity contribution in [2.75, 3.05) is 6.54 Å². The Morgan fingerprint density at radius 1 is 1.10 bits per heavy atom. The lowest BCUT2D eigenvalue weighted by Gasteiger charge is -2.25. The van der Waals surface area contributed by atoms with Crippen LogP contribution in [0.3, 0.4) is 0 Å². The molecule has 2 N–H and O–H groups in total. The average Bonchev–Trinajstić information content (AvgIpc) is 3.28. The first-order chi connectivity index (χ1) is 14.3. The van der Waals surface area contributed by atoms with Crippen molar-refractivity contribution in [1.29, 1.82) is 5.41 Å². The maximum atomic E-state index is 10.6. The number of hydrogen-bond acceptors (Lipinski definition) is 5. The van der Waals surface area contributed by atoms with Gasteiger partial charge in [-0.25, -0.2) is 4.98 Å². The summed E-state index contributed by atoms with van der Waals surface area (Å²) >= 11 is 1.45. The summed E-state index contributed by atoms with van der Waals surface area (Å²) in [6, 6.07) is 17.8. The van der Waals surface area contributed by atoms with Crippen LogP contribution in [0.5, 0.6) is 5.75 Å². The second kappa shape index (κ2) is 7.95. The zero-order valence-corrected chi connectivity index (χ0v) is 18.2. The van der Waals surface area contributed by atoms with Gasteiger partial charge in [0.05, 0.1) is 17.8 Å². The van der Waals surface area contributed by atoms with E-state index >= 15 is 0 Å². The van der Waals surface area contributed by atoms with Crippen LogP contribution in [-0.4, -0.2) is 33.0 Å². The van der Waals surface area contributed by atoms with Gasteiger partial charge in [0.25, 0.3) is 0 Å². The normalized spacial score (nSPS) is 14.5. The molecule has 1 aromatic heterocycles. The maximum absolute atomic E-state index is 10.6. The van der Waals surface area contributed by atoms with Crippen LogP contribution in [0.4, 0.5) is 0 Å². The van der Waals surface area contributed by atoms with E-state index in [9.17, 15) is 5.11 Å². The smallest absolute Gasteiger partial charge is 0.135 e. The first-order valence-electron chi connectivity index (χ1n) is 9.86. The van der Waals surface area contributed by atoms with Crippen molar-refractivity contribution in [3.8, 4) is 17.0 Å². The molecule has 1 aliphatic rings. The van der Waals surface area contributed by atoms with E-state index in [-0.39, 0.29) is 23.7 Å². The summed E-state index contributed by atoms with van der Waals surface area (Å²) in [5, 5.41) is 21.9. The fraction of sp³-hybridized carbons (Fsp3) is 0.250. The minimum absolute atomic E-state index is 0.184. The number of amidine groups is 1. The van der Waals surface area contributed by atoms with E-state index in [2.05, 4.69) is 4.98 Å². The van der Waals surface area contributed by atoms with Gasteiger partial charge < -0.3 is 14.7 Å². The predicted octanol–water partition coefficient (Wildman–Crippen LogP) is 5.75. The highest BCUT2D eigenvalue weighted by atomic mass is 32.1. The summed E-state index contributed by atoms with van der Waals surface area (Å²) in [7, 11) is 0. The molecule has 0 atom stereocenters. The molecular formula is C24H25N3O2S. The molecule has 4 rings (SSSR count). The average molecular weight is 420 g/mol. The molecule has 5 nitrogen and oxygen atoms in total. The Kier molecular flexibility index (Phi) is 5.35. The van der Waals surface area contributed by atoms with E-state index < -0.39 is 0 Å². The third kappa shape index (κ3) is 4.24. The fourth-order valence-electron chi connectivity index (χ4n) is 3.39. The van der Waals surface area contributed by atoms with E-state index in [1.54, 1.807) is 0 Å². The molecule has 0 amide bonds. The van der Waals surface area contributed by atoms with E-state index in [0.29, 0.717) is 17.1 Å². The Hall–Kier alpha value is -3.12. The standard InChI is InChI=1S/C24H25N3O2S/c1-24(2,3)29-20-12-8-7-11-17(20)13-27-14-19(28)21(22(27)25)23-26-18(15-30-23)16-9-5-4-6-10-16/h4-12,15,25,28H,13-14H2,1-3H3. The molecule has 0 radical (unpaired) electrons. The van der Waals surface area contributed by atoms with Crippen LogP contribution in [0.2, 0.25) is 0 Å². The number of aliphatic hydroxyl groups excluding tert-OH is 1. The third-order valence-electron chi connectivity index (χ3n) is 4.72. The minimum Gasteiger partial charge on any atom is -0.510 e. The zero-order chi connectivity index (χ0) is 21.3. The van der Waals surface area contributed by atoms with Crippen molar-refractivity contribution in [2.45, 2.75) is 32.9 Å². The molecule has 30 heavy (non-hydrogen) atoms. The fourth-order valence-corrected chi connectivity index (χ4v) is 4.29. The molecule has 0 bridgehead atoms. The van der Waals surface area contributed by atoms with Crippen LogP contribution in [0.1, 0.15) is 31.3 Å².